The number of nitrogens with zero attached hydrogens (tertiary/aromatic N) is 1. The maximum Gasteiger partial charge on any atom is 0.337 e. The Morgan fingerprint density at radius 3 is 2.06 bits per heavy atom. The molecule has 3 N–H and O–H groups in total. The quantitative estimate of drug-likeness (QED) is 0.662. The van der Waals surface area contributed by atoms with Crippen LogP contribution >= 0.6 is 0 Å². The Balaban J connectivity index is 3.64. The van der Waals surface area contributed by atoms with Gasteiger partial charge in [-0.3, -0.25) is 0 Å². The van der Waals surface area contributed by atoms with Crippen LogP contribution in [0, 0.1) is 0 Å². The summed E-state index contributed by atoms with van der Waals surface area (Å²) in [5.74, 6) is -2.91. The van der Waals surface area contributed by atoms with Crippen molar-refractivity contribution in [3.8, 4) is 11.5 Å². The number of carbonyl (C=O) groups is 1. The van der Waals surface area contributed by atoms with Gasteiger partial charge in [-0.25, -0.2) is 17.5 Å². The topological polar surface area (TPSA) is 115 Å². The van der Waals surface area contributed by atoms with E-state index < -0.39 is 38.0 Å². The molecule has 0 saturated heterocycles. The van der Waals surface area contributed by atoms with Gasteiger partial charge in [0, 0.05) is 20.2 Å². The van der Waals surface area contributed by atoms with Gasteiger partial charge in [0.05, 0.1) is 5.56 Å². The van der Waals surface area contributed by atoms with Crippen LogP contribution in [0.25, 0.3) is 0 Å². The van der Waals surface area contributed by atoms with E-state index in [1.54, 1.807) is 0 Å². The molecule has 17 heavy (non-hydrogen) atoms. The Morgan fingerprint density at radius 1 is 1.18 bits per heavy atom. The number of phenols is 2. The molecule has 8 heteroatoms. The molecule has 0 amide bonds. The SMILES string of the molecule is CN(C)S(=O)(=O)c1cc(O)c(O)cc1C(=O)O. The highest BCUT2D eigenvalue weighted by Crippen LogP contribution is 2.31. The van der Waals surface area contributed by atoms with Gasteiger partial charge >= 0.3 is 5.97 Å². The largest absolute Gasteiger partial charge is 0.504 e. The maximum absolute atomic E-state index is 11.8. The summed E-state index contributed by atoms with van der Waals surface area (Å²) in [6.07, 6.45) is 0. The van der Waals surface area contributed by atoms with Crippen molar-refractivity contribution in [1.29, 1.82) is 0 Å². The summed E-state index contributed by atoms with van der Waals surface area (Å²) < 4.78 is 24.4. The minimum absolute atomic E-state index is 0.578. The van der Waals surface area contributed by atoms with Crippen LogP contribution in [0.5, 0.6) is 11.5 Å². The molecule has 0 aromatic heterocycles. The monoisotopic (exact) mass is 261 g/mol. The highest BCUT2D eigenvalue weighted by Gasteiger charge is 2.26. The van der Waals surface area contributed by atoms with Gasteiger partial charge in [-0.1, -0.05) is 0 Å². The molecule has 0 saturated carbocycles. The predicted molar refractivity (Wildman–Crippen MR) is 57.6 cm³/mol. The lowest BCUT2D eigenvalue weighted by molar-refractivity contribution is 0.0692. The van der Waals surface area contributed by atoms with Gasteiger partial charge < -0.3 is 15.3 Å². The fourth-order valence-electron chi connectivity index (χ4n) is 1.13. The van der Waals surface area contributed by atoms with Crippen LogP contribution in [-0.2, 0) is 10.0 Å². The van der Waals surface area contributed by atoms with E-state index in [1.807, 2.05) is 0 Å². The lowest BCUT2D eigenvalue weighted by atomic mass is 10.2. The zero-order valence-corrected chi connectivity index (χ0v) is 9.89. The van der Waals surface area contributed by atoms with Gasteiger partial charge in [0.1, 0.15) is 4.90 Å². The molecule has 1 rings (SSSR count). The number of hydrogen-bond acceptors (Lipinski definition) is 5. The molecule has 0 atom stereocenters. The second-order valence-corrected chi connectivity index (χ2v) is 5.55. The molecule has 94 valence electrons. The van der Waals surface area contributed by atoms with Crippen molar-refractivity contribution < 1.29 is 28.5 Å². The van der Waals surface area contributed by atoms with Crippen LogP contribution in [0.3, 0.4) is 0 Å². The van der Waals surface area contributed by atoms with Crippen molar-refractivity contribution in [3.63, 3.8) is 0 Å². The van der Waals surface area contributed by atoms with Crippen molar-refractivity contribution in [2.75, 3.05) is 14.1 Å². The number of hydrogen-bond donors (Lipinski definition) is 3. The molecule has 0 radical (unpaired) electrons. The Kier molecular flexibility index (Phi) is 3.30. The number of phenolic OH excluding ortho intramolecular Hbond substituents is 2. The lowest BCUT2D eigenvalue weighted by Crippen LogP contribution is -2.24. The van der Waals surface area contributed by atoms with E-state index in [4.69, 9.17) is 10.2 Å². The van der Waals surface area contributed by atoms with E-state index in [1.165, 1.54) is 14.1 Å². The molecule has 1 aromatic carbocycles. The van der Waals surface area contributed by atoms with Gasteiger partial charge in [0.25, 0.3) is 0 Å². The number of aromatic carboxylic acids is 1. The highest BCUT2D eigenvalue weighted by atomic mass is 32.2. The van der Waals surface area contributed by atoms with Gasteiger partial charge in [-0.15, -0.1) is 0 Å². The van der Waals surface area contributed by atoms with E-state index in [0.29, 0.717) is 12.1 Å². The van der Waals surface area contributed by atoms with Crippen LogP contribution in [-0.4, -0.2) is 48.1 Å². The van der Waals surface area contributed by atoms with Gasteiger partial charge in [0.15, 0.2) is 11.5 Å². The molecule has 7 nitrogen and oxygen atoms in total. The first-order chi connectivity index (χ1) is 7.67. The van der Waals surface area contributed by atoms with Crippen molar-refractivity contribution in [2.45, 2.75) is 4.90 Å². The van der Waals surface area contributed by atoms with Crippen LogP contribution in [0.2, 0.25) is 0 Å². The molecule has 0 bridgehead atoms. The third kappa shape index (κ3) is 2.32. The second-order valence-electron chi connectivity index (χ2n) is 3.43. The van der Waals surface area contributed by atoms with Crippen LogP contribution in [0.4, 0.5) is 0 Å². The maximum atomic E-state index is 11.8. The van der Waals surface area contributed by atoms with Crippen molar-refractivity contribution in [1.82, 2.24) is 4.31 Å². The van der Waals surface area contributed by atoms with E-state index >= 15 is 0 Å². The van der Waals surface area contributed by atoms with Crippen molar-refractivity contribution >= 4 is 16.0 Å². The average Bonchev–Trinajstić information content (AvgIpc) is 2.20. The summed E-state index contributed by atoms with van der Waals surface area (Å²) in [4.78, 5) is 10.3. The average molecular weight is 261 g/mol. The third-order valence-corrected chi connectivity index (χ3v) is 3.92. The van der Waals surface area contributed by atoms with E-state index in [-0.39, 0.29) is 0 Å². The molecule has 0 spiro atoms. The molecule has 0 heterocycles. The Hall–Kier alpha value is -1.80. The molecule has 0 aliphatic carbocycles. The van der Waals surface area contributed by atoms with Crippen LogP contribution in [0.1, 0.15) is 10.4 Å². The molecule has 1 aromatic rings. The minimum atomic E-state index is -4.01. The Morgan fingerprint density at radius 2 is 1.65 bits per heavy atom. The summed E-state index contributed by atoms with van der Waals surface area (Å²) in [6, 6.07) is 1.39. The number of carboxylic acid groups (broad SMARTS) is 1. The smallest absolute Gasteiger partial charge is 0.337 e. The first-order valence-corrected chi connectivity index (χ1v) is 5.83. The summed E-state index contributed by atoms with van der Waals surface area (Å²) in [6.45, 7) is 0. The summed E-state index contributed by atoms with van der Waals surface area (Å²) in [7, 11) is -1.56. The van der Waals surface area contributed by atoms with E-state index in [0.717, 1.165) is 4.31 Å². The third-order valence-electron chi connectivity index (χ3n) is 2.07. The predicted octanol–water partition coefficient (Wildman–Crippen LogP) is 0.0463. The second kappa shape index (κ2) is 4.22. The molecular formula is C9H11NO6S. The Bertz CT molecular complexity index is 563. The first kappa shape index (κ1) is 13.3. The summed E-state index contributed by atoms with van der Waals surface area (Å²) in [5, 5.41) is 27.2. The van der Waals surface area contributed by atoms with Crippen LogP contribution < -0.4 is 0 Å². The fraction of sp³-hybridized carbons (Fsp3) is 0.222. The highest BCUT2D eigenvalue weighted by molar-refractivity contribution is 7.89. The molecule has 0 aliphatic rings. The standard InChI is InChI=1S/C9H11NO6S/c1-10(2)17(15,16)8-4-7(12)6(11)3-5(8)9(13)14/h3-4,11-12H,1-2H3,(H,13,14). The number of rotatable bonds is 3. The molecule has 0 aliphatic heterocycles. The normalized spacial score (nSPS) is 11.7. The zero-order chi connectivity index (χ0) is 13.4. The number of carboxylic acids is 1. The first-order valence-electron chi connectivity index (χ1n) is 4.39. The minimum Gasteiger partial charge on any atom is -0.504 e. The summed E-state index contributed by atoms with van der Waals surface area (Å²) in [5.41, 5.74) is -0.603. The molecule has 0 unspecified atom stereocenters. The van der Waals surface area contributed by atoms with Gasteiger partial charge in [-0.2, -0.15) is 0 Å². The Labute approximate surface area is 97.6 Å². The van der Waals surface area contributed by atoms with Gasteiger partial charge in [-0.05, 0) is 6.07 Å². The zero-order valence-electron chi connectivity index (χ0n) is 9.08. The van der Waals surface area contributed by atoms with Crippen molar-refractivity contribution in [2.24, 2.45) is 0 Å². The summed E-state index contributed by atoms with van der Waals surface area (Å²) >= 11 is 0. The molecule has 0 fully saturated rings. The number of benzene rings is 1. The lowest BCUT2D eigenvalue weighted by Gasteiger charge is -2.14. The fourth-order valence-corrected chi connectivity index (χ4v) is 2.21. The van der Waals surface area contributed by atoms with Gasteiger partial charge in [0.2, 0.25) is 10.0 Å². The number of aromatic hydroxyl groups is 2. The number of sulfonamides is 1. The van der Waals surface area contributed by atoms with E-state index in [2.05, 4.69) is 0 Å². The van der Waals surface area contributed by atoms with E-state index in [9.17, 15) is 18.3 Å². The van der Waals surface area contributed by atoms with Crippen molar-refractivity contribution in [3.05, 3.63) is 17.7 Å². The molecular weight excluding hydrogens is 250 g/mol. The van der Waals surface area contributed by atoms with Crippen LogP contribution in [0.15, 0.2) is 17.0 Å².